The van der Waals surface area contributed by atoms with Gasteiger partial charge < -0.3 is 20.1 Å². The first-order valence-electron chi connectivity index (χ1n) is 9.78. The van der Waals surface area contributed by atoms with Gasteiger partial charge in [0, 0.05) is 62.0 Å². The minimum absolute atomic E-state index is 0.0197. The molecule has 0 fully saturated rings. The summed E-state index contributed by atoms with van der Waals surface area (Å²) in [6.07, 6.45) is 7.09. The summed E-state index contributed by atoms with van der Waals surface area (Å²) in [5, 5.41) is 10.7. The molecule has 3 aromatic heterocycles. The van der Waals surface area contributed by atoms with Crippen LogP contribution in [0.4, 0.5) is 10.5 Å². The van der Waals surface area contributed by atoms with E-state index in [1.165, 1.54) is 0 Å². The van der Waals surface area contributed by atoms with Crippen LogP contribution in [0.5, 0.6) is 0 Å². The Morgan fingerprint density at radius 2 is 1.97 bits per heavy atom. The lowest BCUT2D eigenvalue weighted by Crippen LogP contribution is -2.28. The monoisotopic (exact) mass is 417 g/mol. The Hall–Kier alpha value is -4.14. The number of hydrogen-bond acceptors (Lipinski definition) is 4. The van der Waals surface area contributed by atoms with E-state index in [0.29, 0.717) is 18.1 Å². The van der Waals surface area contributed by atoms with Crippen LogP contribution in [0.15, 0.2) is 67.3 Å². The molecule has 0 aliphatic rings. The summed E-state index contributed by atoms with van der Waals surface area (Å²) in [6, 6.07) is 12.8. The number of aromatic nitrogens is 4. The van der Waals surface area contributed by atoms with E-state index in [0.717, 1.165) is 16.5 Å². The van der Waals surface area contributed by atoms with Crippen LogP contribution < -0.4 is 10.6 Å². The second-order valence-electron chi connectivity index (χ2n) is 7.29. The molecule has 0 unspecified atom stereocenters. The smallest absolute Gasteiger partial charge is 0.319 e. The van der Waals surface area contributed by atoms with Crippen LogP contribution in [0.2, 0.25) is 0 Å². The Bertz CT molecular complexity index is 1190. The maximum Gasteiger partial charge on any atom is 0.319 e. The molecule has 9 heteroatoms. The van der Waals surface area contributed by atoms with Gasteiger partial charge in [0.1, 0.15) is 6.54 Å². The van der Waals surface area contributed by atoms with Crippen LogP contribution in [-0.4, -0.2) is 50.3 Å². The second-order valence-corrected chi connectivity index (χ2v) is 7.29. The lowest BCUT2D eigenvalue weighted by molar-refractivity contribution is -0.129. The Labute approximate surface area is 179 Å². The summed E-state index contributed by atoms with van der Waals surface area (Å²) in [5.41, 5.74) is 2.49. The van der Waals surface area contributed by atoms with Crippen molar-refractivity contribution in [2.24, 2.45) is 0 Å². The highest BCUT2D eigenvalue weighted by molar-refractivity contribution is 5.93. The Morgan fingerprint density at radius 3 is 2.68 bits per heavy atom. The first-order valence-corrected chi connectivity index (χ1v) is 9.78. The first kappa shape index (κ1) is 20.1. The van der Waals surface area contributed by atoms with Gasteiger partial charge in [0.2, 0.25) is 5.91 Å². The number of urea groups is 1. The van der Waals surface area contributed by atoms with E-state index in [-0.39, 0.29) is 18.5 Å². The molecular formula is C22H23N7O2. The lowest BCUT2D eigenvalue weighted by Gasteiger charge is -2.12. The number of carbonyl (C=O) groups excluding carboxylic acids is 2. The molecule has 9 nitrogen and oxygen atoms in total. The zero-order chi connectivity index (χ0) is 21.8. The fourth-order valence-electron chi connectivity index (χ4n) is 3.12. The van der Waals surface area contributed by atoms with Crippen molar-refractivity contribution in [3.05, 3.63) is 72.8 Å². The van der Waals surface area contributed by atoms with Gasteiger partial charge in [-0.05, 0) is 42.0 Å². The largest absolute Gasteiger partial charge is 0.347 e. The van der Waals surface area contributed by atoms with Gasteiger partial charge in [0.05, 0.1) is 0 Å². The van der Waals surface area contributed by atoms with Crippen LogP contribution in [0, 0.1) is 0 Å². The molecule has 0 aliphatic heterocycles. The van der Waals surface area contributed by atoms with Crippen molar-refractivity contribution in [2.75, 3.05) is 19.4 Å². The van der Waals surface area contributed by atoms with Crippen molar-refractivity contribution in [1.82, 2.24) is 29.5 Å². The summed E-state index contributed by atoms with van der Waals surface area (Å²) < 4.78 is 3.56. The van der Waals surface area contributed by atoms with Crippen LogP contribution in [0.1, 0.15) is 5.56 Å². The number of amides is 3. The van der Waals surface area contributed by atoms with Gasteiger partial charge in [0.25, 0.3) is 0 Å². The number of nitrogens with zero attached hydrogens (tertiary/aromatic N) is 5. The van der Waals surface area contributed by atoms with E-state index in [1.807, 2.05) is 59.4 Å². The quantitative estimate of drug-likeness (QED) is 0.504. The van der Waals surface area contributed by atoms with E-state index >= 15 is 0 Å². The summed E-state index contributed by atoms with van der Waals surface area (Å²) in [5.74, 6) is 0.733. The summed E-state index contributed by atoms with van der Waals surface area (Å²) in [7, 11) is 3.47. The average molecular weight is 417 g/mol. The molecule has 0 saturated carbocycles. The molecule has 1 aromatic carbocycles. The minimum atomic E-state index is -0.308. The van der Waals surface area contributed by atoms with Crippen molar-refractivity contribution in [3.63, 3.8) is 0 Å². The van der Waals surface area contributed by atoms with E-state index in [1.54, 1.807) is 36.1 Å². The molecule has 0 atom stereocenters. The van der Waals surface area contributed by atoms with E-state index in [9.17, 15) is 9.59 Å². The number of likely N-dealkylation sites (N-methyl/N-ethyl adjacent to an activating group) is 1. The molecule has 0 bridgehead atoms. The summed E-state index contributed by atoms with van der Waals surface area (Å²) in [4.78, 5) is 30.2. The molecule has 0 aliphatic carbocycles. The SMILES string of the molecule is CN(C)C(=O)Cn1ccc2cc(NC(=O)NCc3ccc(-n4cccn4)nc3)ccc21. The molecule has 0 spiro atoms. The maximum absolute atomic E-state index is 12.3. The van der Waals surface area contributed by atoms with Gasteiger partial charge in [-0.1, -0.05) is 6.07 Å². The Balaban J connectivity index is 1.34. The van der Waals surface area contributed by atoms with Crippen LogP contribution in [0.25, 0.3) is 16.7 Å². The van der Waals surface area contributed by atoms with E-state index < -0.39 is 0 Å². The first-order chi connectivity index (χ1) is 15.0. The van der Waals surface area contributed by atoms with Crippen molar-refractivity contribution in [1.29, 1.82) is 0 Å². The predicted octanol–water partition coefficient (Wildman–Crippen LogP) is 2.63. The van der Waals surface area contributed by atoms with Gasteiger partial charge >= 0.3 is 6.03 Å². The predicted molar refractivity (Wildman–Crippen MR) is 118 cm³/mol. The number of benzene rings is 1. The molecule has 0 saturated heterocycles. The van der Waals surface area contributed by atoms with E-state index in [2.05, 4.69) is 20.7 Å². The molecule has 4 aromatic rings. The maximum atomic E-state index is 12.3. The van der Waals surface area contributed by atoms with Gasteiger partial charge in [-0.2, -0.15) is 5.10 Å². The number of hydrogen-bond donors (Lipinski definition) is 2. The van der Waals surface area contributed by atoms with Crippen LogP contribution in [0.3, 0.4) is 0 Å². The summed E-state index contributed by atoms with van der Waals surface area (Å²) in [6.45, 7) is 0.625. The third-order valence-corrected chi connectivity index (χ3v) is 4.83. The molecule has 158 valence electrons. The highest BCUT2D eigenvalue weighted by Gasteiger charge is 2.09. The number of anilines is 1. The summed E-state index contributed by atoms with van der Waals surface area (Å²) >= 11 is 0. The van der Waals surface area contributed by atoms with Gasteiger partial charge in [0.15, 0.2) is 5.82 Å². The normalized spacial score (nSPS) is 10.8. The Morgan fingerprint density at radius 1 is 1.10 bits per heavy atom. The lowest BCUT2D eigenvalue weighted by atomic mass is 10.2. The highest BCUT2D eigenvalue weighted by Crippen LogP contribution is 2.20. The minimum Gasteiger partial charge on any atom is -0.347 e. The molecule has 3 amide bonds. The third-order valence-electron chi connectivity index (χ3n) is 4.83. The zero-order valence-electron chi connectivity index (χ0n) is 17.3. The van der Waals surface area contributed by atoms with Crippen molar-refractivity contribution >= 4 is 28.5 Å². The number of pyridine rings is 1. The molecule has 3 heterocycles. The fourth-order valence-corrected chi connectivity index (χ4v) is 3.12. The number of rotatable bonds is 6. The van der Waals surface area contributed by atoms with E-state index in [4.69, 9.17) is 0 Å². The third kappa shape index (κ3) is 4.72. The number of fused-ring (bicyclic) bond motifs is 1. The van der Waals surface area contributed by atoms with Crippen molar-refractivity contribution in [3.8, 4) is 5.82 Å². The van der Waals surface area contributed by atoms with Crippen LogP contribution in [-0.2, 0) is 17.9 Å². The van der Waals surface area contributed by atoms with Crippen molar-refractivity contribution < 1.29 is 9.59 Å². The van der Waals surface area contributed by atoms with Gasteiger partial charge in [-0.3, -0.25) is 4.79 Å². The van der Waals surface area contributed by atoms with Crippen molar-refractivity contribution in [2.45, 2.75) is 13.1 Å². The Kier molecular flexibility index (Phi) is 5.65. The molecule has 31 heavy (non-hydrogen) atoms. The number of carbonyl (C=O) groups is 2. The molecule has 4 rings (SSSR count). The molecular weight excluding hydrogens is 394 g/mol. The number of nitrogens with one attached hydrogen (secondary N) is 2. The zero-order valence-corrected chi connectivity index (χ0v) is 17.3. The fraction of sp³-hybridized carbons (Fsp3) is 0.182. The topological polar surface area (TPSA) is 97.1 Å². The second kappa shape index (κ2) is 8.70. The average Bonchev–Trinajstić information content (AvgIpc) is 3.43. The standard InChI is InChI=1S/C22H23N7O2/c1-27(2)21(30)15-28-11-8-17-12-18(5-6-19(17)28)26-22(31)24-14-16-4-7-20(23-13-16)29-10-3-9-25-29/h3-13H,14-15H2,1-2H3,(H2,24,26,31). The van der Waals surface area contributed by atoms with Crippen LogP contribution >= 0.6 is 0 Å². The molecule has 2 N–H and O–H groups in total. The highest BCUT2D eigenvalue weighted by atomic mass is 16.2. The molecule has 0 radical (unpaired) electrons. The van der Waals surface area contributed by atoms with Gasteiger partial charge in [-0.15, -0.1) is 0 Å². The van der Waals surface area contributed by atoms with Gasteiger partial charge in [-0.25, -0.2) is 14.5 Å².